The molecule has 2 aromatic carbocycles. The van der Waals surface area contributed by atoms with Crippen LogP contribution < -0.4 is 4.74 Å². The zero-order valence-corrected chi connectivity index (χ0v) is 12.8. The third-order valence-corrected chi connectivity index (χ3v) is 3.20. The lowest BCUT2D eigenvalue weighted by Crippen LogP contribution is -2.15. The van der Waals surface area contributed by atoms with Gasteiger partial charge in [0.1, 0.15) is 18.2 Å². The number of benzene rings is 2. The fourth-order valence-electron chi connectivity index (χ4n) is 1.90. The smallest absolute Gasteiger partial charge is 0.344 e. The van der Waals surface area contributed by atoms with Gasteiger partial charge in [-0.15, -0.1) is 0 Å². The van der Waals surface area contributed by atoms with Crippen LogP contribution in [0.1, 0.15) is 29.3 Å². The normalized spacial score (nSPS) is 10.2. The van der Waals surface area contributed by atoms with Gasteiger partial charge in [-0.25, -0.2) is 9.18 Å². The van der Waals surface area contributed by atoms with E-state index in [4.69, 9.17) is 9.47 Å². The molecule has 0 aliphatic rings. The van der Waals surface area contributed by atoms with Gasteiger partial charge in [0.05, 0.1) is 0 Å². The Bertz CT molecular complexity index is 680. The summed E-state index contributed by atoms with van der Waals surface area (Å²) >= 11 is 0. The number of carbonyl (C=O) groups is 2. The highest BCUT2D eigenvalue weighted by Crippen LogP contribution is 2.14. The predicted molar refractivity (Wildman–Crippen MR) is 82.8 cm³/mol. The molecule has 0 aromatic heterocycles. The maximum atomic E-state index is 13.4. The minimum atomic E-state index is -0.595. The molecule has 0 fully saturated rings. The van der Waals surface area contributed by atoms with Crippen molar-refractivity contribution in [3.8, 4) is 5.75 Å². The minimum absolute atomic E-state index is 0.0425. The van der Waals surface area contributed by atoms with Crippen LogP contribution in [0.4, 0.5) is 4.39 Å². The Kier molecular flexibility index (Phi) is 5.86. The van der Waals surface area contributed by atoms with Gasteiger partial charge in [-0.3, -0.25) is 4.79 Å². The van der Waals surface area contributed by atoms with Crippen LogP contribution in [-0.2, 0) is 16.1 Å². The molecule has 0 aliphatic heterocycles. The number of hydrogen-bond acceptors (Lipinski definition) is 4. The van der Waals surface area contributed by atoms with Crippen molar-refractivity contribution in [2.24, 2.45) is 0 Å². The Morgan fingerprint density at radius 1 is 1.04 bits per heavy atom. The number of rotatable bonds is 7. The number of esters is 1. The second-order valence-electron chi connectivity index (χ2n) is 4.84. The van der Waals surface area contributed by atoms with Gasteiger partial charge in [0.25, 0.3) is 0 Å². The lowest BCUT2D eigenvalue weighted by atomic mass is 10.1. The second kappa shape index (κ2) is 8.08. The molecule has 0 aliphatic carbocycles. The van der Waals surface area contributed by atoms with Gasteiger partial charge in [0.15, 0.2) is 12.4 Å². The van der Waals surface area contributed by atoms with Gasteiger partial charge in [0.2, 0.25) is 0 Å². The standard InChI is InChI=1S/C18H17FO4/c1-2-17(20)13-7-9-15(10-8-13)22-12-18(21)23-11-14-5-3-4-6-16(14)19/h3-10H,2,11-12H2,1H3. The van der Waals surface area contributed by atoms with Gasteiger partial charge >= 0.3 is 5.97 Å². The molecule has 2 aromatic rings. The summed E-state index contributed by atoms with van der Waals surface area (Å²) in [5.74, 6) is -0.513. The highest BCUT2D eigenvalue weighted by Gasteiger charge is 2.08. The largest absolute Gasteiger partial charge is 0.482 e. The number of halogens is 1. The molecule has 0 unspecified atom stereocenters. The van der Waals surface area contributed by atoms with E-state index >= 15 is 0 Å². The molecule has 5 heteroatoms. The van der Waals surface area contributed by atoms with Crippen LogP contribution in [0.5, 0.6) is 5.75 Å². The molecule has 0 saturated carbocycles. The third kappa shape index (κ3) is 4.92. The first-order valence-electron chi connectivity index (χ1n) is 7.25. The summed E-state index contributed by atoms with van der Waals surface area (Å²) in [4.78, 5) is 23.1. The summed E-state index contributed by atoms with van der Waals surface area (Å²) < 4.78 is 23.6. The van der Waals surface area contributed by atoms with Crippen molar-refractivity contribution < 1.29 is 23.5 Å². The molecule has 0 amide bonds. The van der Waals surface area contributed by atoms with Crippen LogP contribution in [0.2, 0.25) is 0 Å². The summed E-state index contributed by atoms with van der Waals surface area (Å²) in [7, 11) is 0. The minimum Gasteiger partial charge on any atom is -0.482 e. The van der Waals surface area contributed by atoms with Crippen LogP contribution in [0, 0.1) is 5.82 Å². The number of carbonyl (C=O) groups excluding carboxylic acids is 2. The third-order valence-electron chi connectivity index (χ3n) is 3.20. The Hall–Kier alpha value is -2.69. The van der Waals surface area contributed by atoms with Crippen molar-refractivity contribution in [2.45, 2.75) is 20.0 Å². The van der Waals surface area contributed by atoms with E-state index in [1.165, 1.54) is 6.07 Å². The first-order valence-corrected chi connectivity index (χ1v) is 7.25. The maximum absolute atomic E-state index is 13.4. The summed E-state index contributed by atoms with van der Waals surface area (Å²) in [6, 6.07) is 12.6. The van der Waals surface area contributed by atoms with E-state index in [0.717, 1.165) is 0 Å². The molecule has 2 rings (SSSR count). The van der Waals surface area contributed by atoms with Crippen molar-refractivity contribution >= 4 is 11.8 Å². The fourth-order valence-corrected chi connectivity index (χ4v) is 1.90. The monoisotopic (exact) mass is 316 g/mol. The molecule has 23 heavy (non-hydrogen) atoms. The summed E-state index contributed by atoms with van der Waals surface area (Å²) in [5, 5.41) is 0. The summed E-state index contributed by atoms with van der Waals surface area (Å²) in [6.45, 7) is 1.37. The molecule has 120 valence electrons. The molecular formula is C18H17FO4. The first kappa shape index (κ1) is 16.7. The second-order valence-corrected chi connectivity index (χ2v) is 4.84. The van der Waals surface area contributed by atoms with Crippen molar-refractivity contribution in [1.82, 2.24) is 0 Å². The molecular weight excluding hydrogens is 299 g/mol. The highest BCUT2D eigenvalue weighted by atomic mass is 19.1. The Morgan fingerprint density at radius 3 is 2.39 bits per heavy atom. The van der Waals surface area contributed by atoms with Crippen molar-refractivity contribution in [2.75, 3.05) is 6.61 Å². The molecule has 0 heterocycles. The molecule has 0 spiro atoms. The fraction of sp³-hybridized carbons (Fsp3) is 0.222. The number of ketones is 1. The van der Waals surface area contributed by atoms with Gasteiger partial charge in [0, 0.05) is 17.5 Å². The lowest BCUT2D eigenvalue weighted by molar-refractivity contribution is -0.147. The summed E-state index contributed by atoms with van der Waals surface area (Å²) in [5.41, 5.74) is 0.908. The highest BCUT2D eigenvalue weighted by molar-refractivity contribution is 5.95. The lowest BCUT2D eigenvalue weighted by Gasteiger charge is -2.08. The molecule has 0 saturated heterocycles. The van der Waals surface area contributed by atoms with E-state index in [1.54, 1.807) is 49.4 Å². The predicted octanol–water partition coefficient (Wildman–Crippen LogP) is 3.54. The molecule has 4 nitrogen and oxygen atoms in total. The maximum Gasteiger partial charge on any atom is 0.344 e. The van der Waals surface area contributed by atoms with Crippen molar-refractivity contribution in [1.29, 1.82) is 0 Å². The molecule has 0 atom stereocenters. The summed E-state index contributed by atoms with van der Waals surface area (Å²) in [6.07, 6.45) is 0.433. The Balaban J connectivity index is 1.80. The van der Waals surface area contributed by atoms with E-state index in [2.05, 4.69) is 0 Å². The number of ether oxygens (including phenoxy) is 2. The van der Waals surface area contributed by atoms with Gasteiger partial charge in [-0.05, 0) is 30.3 Å². The quantitative estimate of drug-likeness (QED) is 0.579. The van der Waals surface area contributed by atoms with Crippen LogP contribution >= 0.6 is 0 Å². The Morgan fingerprint density at radius 2 is 1.74 bits per heavy atom. The van der Waals surface area contributed by atoms with Gasteiger partial charge in [-0.2, -0.15) is 0 Å². The zero-order valence-electron chi connectivity index (χ0n) is 12.8. The van der Waals surface area contributed by atoms with Crippen LogP contribution in [0.3, 0.4) is 0 Å². The number of hydrogen-bond donors (Lipinski definition) is 0. The van der Waals surface area contributed by atoms with Gasteiger partial charge in [-0.1, -0.05) is 25.1 Å². The van der Waals surface area contributed by atoms with Crippen molar-refractivity contribution in [3.05, 3.63) is 65.5 Å². The zero-order chi connectivity index (χ0) is 16.7. The average Bonchev–Trinajstić information content (AvgIpc) is 2.59. The topological polar surface area (TPSA) is 52.6 Å². The molecule has 0 radical (unpaired) electrons. The van der Waals surface area contributed by atoms with Gasteiger partial charge < -0.3 is 9.47 Å². The average molecular weight is 316 g/mol. The van der Waals surface area contributed by atoms with Crippen LogP contribution in [0.15, 0.2) is 48.5 Å². The molecule has 0 bridgehead atoms. The number of Topliss-reactive ketones (excluding diaryl/α,β-unsaturated/α-hetero) is 1. The van der Waals surface area contributed by atoms with Crippen molar-refractivity contribution in [3.63, 3.8) is 0 Å². The van der Waals surface area contributed by atoms with E-state index in [-0.39, 0.29) is 19.0 Å². The van der Waals surface area contributed by atoms with E-state index < -0.39 is 11.8 Å². The van der Waals surface area contributed by atoms with E-state index in [0.29, 0.717) is 23.3 Å². The molecule has 0 N–H and O–H groups in total. The first-order chi connectivity index (χ1) is 11.1. The van der Waals surface area contributed by atoms with E-state index in [9.17, 15) is 14.0 Å². The Labute approximate surface area is 133 Å². The van der Waals surface area contributed by atoms with Crippen LogP contribution in [0.25, 0.3) is 0 Å². The van der Waals surface area contributed by atoms with E-state index in [1.807, 2.05) is 0 Å². The van der Waals surface area contributed by atoms with Crippen LogP contribution in [-0.4, -0.2) is 18.4 Å². The SMILES string of the molecule is CCC(=O)c1ccc(OCC(=O)OCc2ccccc2F)cc1.